The summed E-state index contributed by atoms with van der Waals surface area (Å²) in [6.45, 7) is 17.0. The predicted molar refractivity (Wildman–Crippen MR) is 142 cm³/mol. The molecule has 2 aromatic carbocycles. The van der Waals surface area contributed by atoms with Crippen LogP contribution in [0, 0.1) is 12.3 Å². The highest BCUT2D eigenvalue weighted by Gasteiger charge is 2.43. The Morgan fingerprint density at radius 1 is 1.17 bits per heavy atom. The summed E-state index contributed by atoms with van der Waals surface area (Å²) in [6, 6.07) is 10.6. The molecule has 7 heteroatoms. The molecule has 1 heterocycles. The fourth-order valence-corrected chi connectivity index (χ4v) is 6.40. The van der Waals surface area contributed by atoms with Crippen molar-refractivity contribution in [2.75, 3.05) is 0 Å². The smallest absolute Gasteiger partial charge is 0.310 e. The summed E-state index contributed by atoms with van der Waals surface area (Å²) in [6.07, 6.45) is 2.03. The number of nitrogens with zero attached hydrogens (tertiary/aromatic N) is 3. The van der Waals surface area contributed by atoms with E-state index in [0.29, 0.717) is 0 Å². The van der Waals surface area contributed by atoms with Gasteiger partial charge in [0.05, 0.1) is 17.0 Å². The zero-order valence-corrected chi connectivity index (χ0v) is 23.6. The Bertz CT molecular complexity index is 1290. The van der Waals surface area contributed by atoms with Crippen molar-refractivity contribution in [3.05, 3.63) is 58.1 Å². The van der Waals surface area contributed by atoms with Crippen molar-refractivity contribution in [1.82, 2.24) is 15.0 Å². The summed E-state index contributed by atoms with van der Waals surface area (Å²) in [5, 5.41) is 18.9. The highest BCUT2D eigenvalue weighted by molar-refractivity contribution is 6.74. The van der Waals surface area contributed by atoms with Gasteiger partial charge in [-0.25, -0.2) is 4.68 Å². The molecule has 0 saturated heterocycles. The maximum absolute atomic E-state index is 12.5. The first-order chi connectivity index (χ1) is 16.1. The number of carbonyl (C=O) groups is 1. The lowest BCUT2D eigenvalue weighted by atomic mass is 9.69. The number of aryl methyl sites for hydroxylation is 3. The number of fused-ring (bicyclic) bond motifs is 2. The normalized spacial score (nSPS) is 17.6. The molecule has 0 spiro atoms. The van der Waals surface area contributed by atoms with E-state index in [2.05, 4.69) is 62.4 Å². The van der Waals surface area contributed by atoms with Crippen molar-refractivity contribution in [3.63, 3.8) is 0 Å². The largest absolute Gasteiger partial charge is 0.481 e. The predicted octanol–water partition coefficient (Wildman–Crippen LogP) is 6.53. The number of rotatable bonds is 6. The quantitative estimate of drug-likeness (QED) is 0.395. The van der Waals surface area contributed by atoms with Crippen LogP contribution >= 0.6 is 0 Å². The van der Waals surface area contributed by atoms with Gasteiger partial charge in [0.2, 0.25) is 0 Å². The average Bonchev–Trinajstić information content (AvgIpc) is 3.32. The van der Waals surface area contributed by atoms with E-state index in [-0.39, 0.29) is 17.1 Å². The zero-order valence-electron chi connectivity index (χ0n) is 22.6. The summed E-state index contributed by atoms with van der Waals surface area (Å²) in [7, 11) is -0.0791. The van der Waals surface area contributed by atoms with E-state index in [1.807, 2.05) is 40.0 Å². The first-order valence-electron chi connectivity index (χ1n) is 12.5. The van der Waals surface area contributed by atoms with Crippen molar-refractivity contribution in [2.45, 2.75) is 84.5 Å². The van der Waals surface area contributed by atoms with Gasteiger partial charge in [-0.3, -0.25) is 4.79 Å². The monoisotopic (exact) mass is 493 g/mol. The third-order valence-corrected chi connectivity index (χ3v) is 12.9. The van der Waals surface area contributed by atoms with Gasteiger partial charge >= 0.3 is 5.97 Å². The molecular formula is C28H39N3O3Si. The van der Waals surface area contributed by atoms with Gasteiger partial charge in [-0.1, -0.05) is 50.3 Å². The topological polar surface area (TPSA) is 77.2 Å². The van der Waals surface area contributed by atoms with Gasteiger partial charge in [0.1, 0.15) is 5.52 Å². The van der Waals surface area contributed by atoms with Crippen LogP contribution in [0.5, 0.6) is 0 Å². The molecule has 6 nitrogen and oxygen atoms in total. The van der Waals surface area contributed by atoms with E-state index in [4.69, 9.17) is 4.43 Å². The number of aliphatic carboxylic acids is 1. The molecule has 0 aliphatic heterocycles. The molecule has 1 aliphatic carbocycles. The summed E-state index contributed by atoms with van der Waals surface area (Å²) < 4.78 is 8.60. The fraction of sp³-hybridized carbons (Fsp3) is 0.536. The standard InChI is InChI=1S/C28H39N3O3Si/c1-17-20(13-14-22-25(17)29-30-31(22)7)24(28(5,6)26(32)33)19-11-10-18-12-15-23(21(18)16-19)34-35(8,9)27(2,3)4/h10-11,13-14,16,23-24H,12,15H2,1-9H3,(H,32,33). The van der Waals surface area contributed by atoms with Crippen LogP contribution in [-0.4, -0.2) is 34.4 Å². The number of carboxylic acid groups (broad SMARTS) is 1. The Labute approximate surface area is 209 Å². The van der Waals surface area contributed by atoms with Crippen LogP contribution in [0.15, 0.2) is 30.3 Å². The van der Waals surface area contributed by atoms with E-state index in [1.165, 1.54) is 11.1 Å². The van der Waals surface area contributed by atoms with E-state index < -0.39 is 19.7 Å². The molecular weight excluding hydrogens is 454 g/mol. The van der Waals surface area contributed by atoms with Gasteiger partial charge in [0.25, 0.3) is 0 Å². The average molecular weight is 494 g/mol. The summed E-state index contributed by atoms with van der Waals surface area (Å²) in [4.78, 5) is 12.5. The fourth-order valence-electron chi connectivity index (χ4n) is 5.09. The molecule has 0 bridgehead atoms. The molecule has 2 unspecified atom stereocenters. The Morgan fingerprint density at radius 2 is 1.86 bits per heavy atom. The van der Waals surface area contributed by atoms with E-state index in [0.717, 1.165) is 40.6 Å². The lowest BCUT2D eigenvalue weighted by Gasteiger charge is -2.39. The number of benzene rings is 2. The van der Waals surface area contributed by atoms with Crippen LogP contribution in [0.4, 0.5) is 0 Å². The SMILES string of the molecule is Cc1c(C(c2ccc3c(c2)C(O[Si](C)(C)C(C)(C)C)CC3)C(C)(C)C(=O)O)ccc2c1nnn2C. The van der Waals surface area contributed by atoms with Crippen LogP contribution in [-0.2, 0) is 22.7 Å². The third kappa shape index (κ3) is 4.33. The van der Waals surface area contributed by atoms with Crippen LogP contribution < -0.4 is 0 Å². The first kappa shape index (κ1) is 25.6. The maximum Gasteiger partial charge on any atom is 0.310 e. The Hall–Kier alpha value is -2.51. The van der Waals surface area contributed by atoms with Crippen molar-refractivity contribution >= 4 is 25.3 Å². The molecule has 0 fully saturated rings. The van der Waals surface area contributed by atoms with Gasteiger partial charge < -0.3 is 9.53 Å². The third-order valence-electron chi connectivity index (χ3n) is 8.43. The Morgan fingerprint density at radius 3 is 2.49 bits per heavy atom. The van der Waals surface area contributed by atoms with Gasteiger partial charge in [0.15, 0.2) is 8.32 Å². The highest BCUT2D eigenvalue weighted by atomic mass is 28.4. The number of hydrogen-bond donors (Lipinski definition) is 1. The summed E-state index contributed by atoms with van der Waals surface area (Å²) in [5.74, 6) is -1.17. The highest BCUT2D eigenvalue weighted by Crippen LogP contribution is 2.47. The number of hydrogen-bond acceptors (Lipinski definition) is 4. The van der Waals surface area contributed by atoms with Crippen LogP contribution in [0.1, 0.15) is 80.9 Å². The zero-order chi connectivity index (χ0) is 25.9. The van der Waals surface area contributed by atoms with Gasteiger partial charge in [-0.15, -0.1) is 5.10 Å². The van der Waals surface area contributed by atoms with Crippen molar-refractivity contribution in [3.8, 4) is 0 Å². The number of aromatic nitrogens is 3. The molecule has 188 valence electrons. The molecule has 35 heavy (non-hydrogen) atoms. The minimum absolute atomic E-state index is 0.0583. The van der Waals surface area contributed by atoms with Gasteiger partial charge in [-0.2, -0.15) is 0 Å². The second-order valence-electron chi connectivity index (χ2n) is 12.2. The Balaban J connectivity index is 1.84. The second-order valence-corrected chi connectivity index (χ2v) is 16.9. The Kier molecular flexibility index (Phi) is 6.25. The molecule has 1 aromatic heterocycles. The van der Waals surface area contributed by atoms with E-state index >= 15 is 0 Å². The van der Waals surface area contributed by atoms with Crippen LogP contribution in [0.25, 0.3) is 11.0 Å². The van der Waals surface area contributed by atoms with E-state index in [9.17, 15) is 9.90 Å². The van der Waals surface area contributed by atoms with Crippen molar-refractivity contribution in [1.29, 1.82) is 0 Å². The molecule has 2 atom stereocenters. The second kappa shape index (κ2) is 8.56. The molecule has 3 aromatic rings. The molecule has 0 amide bonds. The summed E-state index contributed by atoms with van der Waals surface area (Å²) in [5.41, 5.74) is 6.22. The number of carboxylic acids is 1. The minimum Gasteiger partial charge on any atom is -0.481 e. The van der Waals surface area contributed by atoms with Crippen molar-refractivity contribution < 1.29 is 14.3 Å². The maximum atomic E-state index is 12.5. The molecule has 0 radical (unpaired) electrons. The minimum atomic E-state index is -1.95. The molecule has 0 saturated carbocycles. The first-order valence-corrected chi connectivity index (χ1v) is 15.4. The summed E-state index contributed by atoms with van der Waals surface area (Å²) >= 11 is 0. The van der Waals surface area contributed by atoms with Crippen molar-refractivity contribution in [2.24, 2.45) is 12.5 Å². The molecule has 4 rings (SSSR count). The molecule has 1 aliphatic rings. The van der Waals surface area contributed by atoms with Crippen LogP contribution in [0.3, 0.4) is 0 Å². The lowest BCUT2D eigenvalue weighted by Crippen LogP contribution is -2.41. The van der Waals surface area contributed by atoms with Gasteiger partial charge in [0, 0.05) is 13.0 Å². The van der Waals surface area contributed by atoms with Crippen LogP contribution in [0.2, 0.25) is 18.1 Å². The van der Waals surface area contributed by atoms with Gasteiger partial charge in [-0.05, 0) is 85.6 Å². The van der Waals surface area contributed by atoms with E-state index in [1.54, 1.807) is 4.68 Å². The molecule has 1 N–H and O–H groups in total. The lowest BCUT2D eigenvalue weighted by molar-refractivity contribution is -0.147.